The van der Waals surface area contributed by atoms with E-state index in [1.54, 1.807) is 33.1 Å². The van der Waals surface area contributed by atoms with E-state index in [0.717, 1.165) is 66.4 Å². The summed E-state index contributed by atoms with van der Waals surface area (Å²) in [6, 6.07) is 0. The second kappa shape index (κ2) is 7.01. The maximum absolute atomic E-state index is 13.2. The van der Waals surface area contributed by atoms with Gasteiger partial charge in [0.05, 0.1) is 29.3 Å². The van der Waals surface area contributed by atoms with Crippen LogP contribution in [-0.4, -0.2) is 19.1 Å². The Morgan fingerprint density at radius 1 is 0.867 bits per heavy atom. The minimum Gasteiger partial charge on any atom is -0.297 e. The Kier molecular flexibility index (Phi) is 4.26. The molecule has 3 heterocycles. The molecule has 6 nitrogen and oxygen atoms in total. The molecule has 0 aromatic carbocycles. The predicted molar refractivity (Wildman–Crippen MR) is 118 cm³/mol. The molecule has 0 atom stereocenters. The number of aryl methyl sites for hydroxylation is 4. The van der Waals surface area contributed by atoms with Gasteiger partial charge in [0.25, 0.3) is 11.1 Å². The van der Waals surface area contributed by atoms with Crippen LogP contribution < -0.4 is 11.1 Å². The first kappa shape index (κ1) is 18.2. The molecule has 0 bridgehead atoms. The summed E-state index contributed by atoms with van der Waals surface area (Å²) in [6.07, 6.45) is 13.0. The highest BCUT2D eigenvalue weighted by Gasteiger charge is 2.28. The standard InChI is InChI=1S/C23H24N4O2S/c28-22-19-15-6-2-1-5-14(15)11-17(19)24-12-26(22)9-10-27-13-25-21-20(23(27)29)16-7-3-4-8-18(16)30-21/h12-13H,1-11H2. The van der Waals surface area contributed by atoms with E-state index in [1.807, 2.05) is 0 Å². The molecule has 3 aromatic rings. The van der Waals surface area contributed by atoms with Crippen LogP contribution in [-0.2, 0) is 32.4 Å². The van der Waals surface area contributed by atoms with Gasteiger partial charge in [-0.05, 0) is 62.5 Å². The molecular weight excluding hydrogens is 396 g/mol. The number of aromatic nitrogens is 4. The quantitative estimate of drug-likeness (QED) is 0.651. The van der Waals surface area contributed by atoms with E-state index in [4.69, 9.17) is 0 Å². The van der Waals surface area contributed by atoms with Crippen LogP contribution >= 0.6 is 11.3 Å². The molecule has 0 fully saturated rings. The summed E-state index contributed by atoms with van der Waals surface area (Å²) in [7, 11) is 0. The third kappa shape index (κ3) is 2.75. The Morgan fingerprint density at radius 2 is 1.60 bits per heavy atom. The maximum Gasteiger partial charge on any atom is 0.262 e. The molecule has 3 aliphatic carbocycles. The summed E-state index contributed by atoms with van der Waals surface area (Å²) >= 11 is 1.67. The molecule has 0 amide bonds. The molecule has 0 saturated carbocycles. The van der Waals surface area contributed by atoms with Gasteiger partial charge in [-0.2, -0.15) is 0 Å². The van der Waals surface area contributed by atoms with Crippen molar-refractivity contribution < 1.29 is 0 Å². The minimum absolute atomic E-state index is 0.0267. The van der Waals surface area contributed by atoms with Crippen molar-refractivity contribution in [2.24, 2.45) is 0 Å². The average molecular weight is 421 g/mol. The summed E-state index contributed by atoms with van der Waals surface area (Å²) in [6.45, 7) is 0.861. The van der Waals surface area contributed by atoms with Gasteiger partial charge in [0.15, 0.2) is 0 Å². The van der Waals surface area contributed by atoms with Crippen LogP contribution in [0.5, 0.6) is 0 Å². The van der Waals surface area contributed by atoms with Crippen LogP contribution in [0, 0.1) is 0 Å². The van der Waals surface area contributed by atoms with E-state index in [2.05, 4.69) is 9.97 Å². The molecule has 0 saturated heterocycles. The van der Waals surface area contributed by atoms with Crippen LogP contribution in [0.15, 0.2) is 27.8 Å². The van der Waals surface area contributed by atoms with Gasteiger partial charge in [-0.25, -0.2) is 9.97 Å². The highest BCUT2D eigenvalue weighted by molar-refractivity contribution is 7.18. The third-order valence-electron chi connectivity index (χ3n) is 6.90. The van der Waals surface area contributed by atoms with Crippen LogP contribution in [0.3, 0.4) is 0 Å². The Balaban J connectivity index is 1.33. The topological polar surface area (TPSA) is 69.8 Å². The summed E-state index contributed by atoms with van der Waals surface area (Å²) in [5.74, 6) is 0. The Morgan fingerprint density at radius 3 is 2.50 bits per heavy atom. The van der Waals surface area contributed by atoms with E-state index >= 15 is 0 Å². The predicted octanol–water partition coefficient (Wildman–Crippen LogP) is 3.48. The van der Waals surface area contributed by atoms with E-state index in [0.29, 0.717) is 13.1 Å². The second-order valence-corrected chi connectivity index (χ2v) is 9.75. The Labute approximate surface area is 177 Å². The zero-order valence-electron chi connectivity index (χ0n) is 16.9. The van der Waals surface area contributed by atoms with E-state index in [9.17, 15) is 9.59 Å². The second-order valence-electron chi connectivity index (χ2n) is 8.66. The van der Waals surface area contributed by atoms with Crippen LogP contribution in [0.1, 0.15) is 60.2 Å². The molecule has 3 aliphatic rings. The van der Waals surface area contributed by atoms with Crippen LogP contribution in [0.4, 0.5) is 0 Å². The SMILES string of the molecule is O=c1c2c(ncn1CCn1cnc3sc4c(c3c1=O)CCCC4)CC1=C2CCCC1. The average Bonchev–Trinajstić information content (AvgIpc) is 3.33. The summed E-state index contributed by atoms with van der Waals surface area (Å²) in [5.41, 5.74) is 5.70. The largest absolute Gasteiger partial charge is 0.297 e. The molecule has 0 spiro atoms. The van der Waals surface area contributed by atoms with Gasteiger partial charge >= 0.3 is 0 Å². The number of rotatable bonds is 3. The van der Waals surface area contributed by atoms with Crippen molar-refractivity contribution in [1.29, 1.82) is 0 Å². The number of hydrogen-bond acceptors (Lipinski definition) is 5. The highest BCUT2D eigenvalue weighted by Crippen LogP contribution is 2.39. The molecule has 6 rings (SSSR count). The molecule has 0 unspecified atom stereocenters. The van der Waals surface area contributed by atoms with Gasteiger partial charge in [-0.3, -0.25) is 18.7 Å². The molecule has 0 N–H and O–H groups in total. The first-order valence-corrected chi connectivity index (χ1v) is 11.8. The van der Waals surface area contributed by atoms with Crippen LogP contribution in [0.25, 0.3) is 15.8 Å². The van der Waals surface area contributed by atoms with Gasteiger partial charge in [-0.15, -0.1) is 11.3 Å². The first-order chi connectivity index (χ1) is 14.7. The van der Waals surface area contributed by atoms with E-state index in [-0.39, 0.29) is 11.1 Å². The molecule has 154 valence electrons. The zero-order chi connectivity index (χ0) is 20.2. The van der Waals surface area contributed by atoms with Crippen molar-refractivity contribution in [1.82, 2.24) is 19.1 Å². The Bertz CT molecular complexity index is 1330. The lowest BCUT2D eigenvalue weighted by molar-refractivity contribution is 0.541. The van der Waals surface area contributed by atoms with Crippen LogP contribution in [0.2, 0.25) is 0 Å². The van der Waals surface area contributed by atoms with Gasteiger partial charge in [0.1, 0.15) is 4.83 Å². The number of hydrogen-bond donors (Lipinski definition) is 0. The highest BCUT2D eigenvalue weighted by atomic mass is 32.1. The third-order valence-corrected chi connectivity index (χ3v) is 8.10. The molecule has 7 heteroatoms. The maximum atomic E-state index is 13.2. The van der Waals surface area contributed by atoms with Crippen molar-refractivity contribution >= 4 is 27.1 Å². The number of nitrogens with zero attached hydrogens (tertiary/aromatic N) is 4. The Hall–Kier alpha value is -2.54. The molecule has 0 radical (unpaired) electrons. The summed E-state index contributed by atoms with van der Waals surface area (Å²) in [5, 5.41) is 0.800. The summed E-state index contributed by atoms with van der Waals surface area (Å²) in [4.78, 5) is 37.7. The number of fused-ring (bicyclic) bond motifs is 5. The fourth-order valence-electron chi connectivity index (χ4n) is 5.34. The van der Waals surface area contributed by atoms with Crippen molar-refractivity contribution in [2.75, 3.05) is 0 Å². The molecule has 0 aliphatic heterocycles. The fraction of sp³-hybridized carbons (Fsp3) is 0.478. The van der Waals surface area contributed by atoms with Gasteiger partial charge in [0, 0.05) is 24.4 Å². The lowest BCUT2D eigenvalue weighted by Crippen LogP contribution is -2.29. The monoisotopic (exact) mass is 420 g/mol. The summed E-state index contributed by atoms with van der Waals surface area (Å²) < 4.78 is 3.33. The molecule has 30 heavy (non-hydrogen) atoms. The number of thiophene rings is 1. The van der Waals surface area contributed by atoms with Gasteiger partial charge < -0.3 is 0 Å². The van der Waals surface area contributed by atoms with Gasteiger partial charge in [0.2, 0.25) is 0 Å². The fourth-order valence-corrected chi connectivity index (χ4v) is 6.56. The minimum atomic E-state index is 0.0267. The van der Waals surface area contributed by atoms with E-state index in [1.165, 1.54) is 34.4 Å². The molecular formula is C23H24N4O2S. The smallest absolute Gasteiger partial charge is 0.262 e. The first-order valence-electron chi connectivity index (χ1n) is 11.0. The van der Waals surface area contributed by atoms with Crippen molar-refractivity contribution in [3.05, 3.63) is 60.6 Å². The lowest BCUT2D eigenvalue weighted by Gasteiger charge is -2.14. The van der Waals surface area contributed by atoms with Crippen molar-refractivity contribution in [2.45, 2.75) is 70.9 Å². The van der Waals surface area contributed by atoms with Crippen molar-refractivity contribution in [3.63, 3.8) is 0 Å². The van der Waals surface area contributed by atoms with Crippen molar-refractivity contribution in [3.8, 4) is 0 Å². The molecule has 3 aromatic heterocycles. The number of allylic oxidation sites excluding steroid dienone is 2. The van der Waals surface area contributed by atoms with Gasteiger partial charge in [-0.1, -0.05) is 5.57 Å². The van der Waals surface area contributed by atoms with E-state index < -0.39 is 0 Å². The zero-order valence-corrected chi connectivity index (χ0v) is 17.8. The normalized spacial score (nSPS) is 17.9. The lowest BCUT2D eigenvalue weighted by atomic mass is 9.92.